The van der Waals surface area contributed by atoms with Crippen molar-refractivity contribution in [2.75, 3.05) is 11.6 Å². The number of benzene rings is 1. The molecule has 0 spiro atoms. The second-order valence-corrected chi connectivity index (χ2v) is 4.78. The molecule has 17 heavy (non-hydrogen) atoms. The maximum atomic E-state index is 13.1. The van der Waals surface area contributed by atoms with Crippen molar-refractivity contribution < 1.29 is 14.0 Å². The first kappa shape index (κ1) is 12.4. The van der Waals surface area contributed by atoms with Crippen molar-refractivity contribution >= 4 is 35.0 Å². The Balaban J connectivity index is 2.27. The fourth-order valence-electron chi connectivity index (χ4n) is 1.47. The summed E-state index contributed by atoms with van der Waals surface area (Å²) >= 11 is 6.91. The molecule has 3 nitrogen and oxygen atoms in total. The van der Waals surface area contributed by atoms with Gasteiger partial charge in [-0.2, -0.15) is 0 Å². The van der Waals surface area contributed by atoms with Gasteiger partial charge in [-0.1, -0.05) is 5.16 Å². The monoisotopic (exact) mass is 273 g/mol. The molecule has 0 unspecified atom stereocenters. The molecule has 1 aliphatic heterocycles. The van der Waals surface area contributed by atoms with E-state index in [1.165, 1.54) is 12.1 Å². The van der Waals surface area contributed by atoms with Crippen LogP contribution in [0.1, 0.15) is 12.0 Å². The summed E-state index contributed by atoms with van der Waals surface area (Å²) in [5.41, 5.74) is 1.26. The van der Waals surface area contributed by atoms with Crippen LogP contribution in [0.4, 0.5) is 4.39 Å². The van der Waals surface area contributed by atoms with E-state index < -0.39 is 5.97 Å². The quantitative estimate of drug-likeness (QED) is 0.472. The Kier molecular flexibility index (Phi) is 4.02. The maximum absolute atomic E-state index is 13.1. The minimum Gasteiger partial charge on any atom is -0.317 e. The first-order chi connectivity index (χ1) is 8.20. The molecule has 0 bridgehead atoms. The molecule has 1 heterocycles. The molecular weight excluding hydrogens is 265 g/mol. The predicted molar refractivity (Wildman–Crippen MR) is 65.1 cm³/mol. The molecule has 2 rings (SSSR count). The van der Waals surface area contributed by atoms with Gasteiger partial charge in [-0.15, -0.1) is 23.4 Å². The highest BCUT2D eigenvalue weighted by Gasteiger charge is 2.17. The van der Waals surface area contributed by atoms with Crippen molar-refractivity contribution in [2.45, 2.75) is 11.3 Å². The lowest BCUT2D eigenvalue weighted by Gasteiger charge is -2.16. The number of rotatable bonds is 2. The molecule has 0 aliphatic carbocycles. The van der Waals surface area contributed by atoms with Gasteiger partial charge in [-0.25, -0.2) is 9.18 Å². The first-order valence-electron chi connectivity index (χ1n) is 4.96. The highest BCUT2D eigenvalue weighted by molar-refractivity contribution is 7.99. The van der Waals surface area contributed by atoms with Crippen molar-refractivity contribution in [1.29, 1.82) is 0 Å². The summed E-state index contributed by atoms with van der Waals surface area (Å²) in [6.45, 7) is 0. The van der Waals surface area contributed by atoms with E-state index in [1.807, 2.05) is 0 Å². The number of alkyl halides is 1. The third-order valence-electron chi connectivity index (χ3n) is 2.22. The molecule has 0 saturated carbocycles. The number of thioether (sulfide) groups is 1. The molecule has 0 fully saturated rings. The molecule has 0 radical (unpaired) electrons. The van der Waals surface area contributed by atoms with Crippen molar-refractivity contribution in [1.82, 2.24) is 0 Å². The van der Waals surface area contributed by atoms with Gasteiger partial charge in [0.05, 0.1) is 5.71 Å². The van der Waals surface area contributed by atoms with E-state index in [9.17, 15) is 9.18 Å². The zero-order valence-corrected chi connectivity index (χ0v) is 10.4. The number of carbonyl (C=O) groups is 1. The molecule has 0 atom stereocenters. The number of carbonyl (C=O) groups excluding carboxylic acids is 1. The minimum atomic E-state index is -0.615. The number of hydrogen-bond acceptors (Lipinski definition) is 4. The van der Waals surface area contributed by atoms with Crippen molar-refractivity contribution in [3.8, 4) is 0 Å². The molecular formula is C11H9ClFNO2S. The summed E-state index contributed by atoms with van der Waals surface area (Å²) in [4.78, 5) is 16.4. The van der Waals surface area contributed by atoms with Gasteiger partial charge in [0.1, 0.15) is 11.7 Å². The fraction of sp³-hybridized carbons (Fsp3) is 0.273. The average Bonchev–Trinajstić information content (AvgIpc) is 2.35. The van der Waals surface area contributed by atoms with Gasteiger partial charge in [0.15, 0.2) is 0 Å². The van der Waals surface area contributed by atoms with Gasteiger partial charge in [0.25, 0.3) is 0 Å². The van der Waals surface area contributed by atoms with Gasteiger partial charge >= 0.3 is 5.97 Å². The molecule has 0 saturated heterocycles. The normalized spacial score (nSPS) is 16.7. The van der Waals surface area contributed by atoms with Crippen molar-refractivity contribution in [3.63, 3.8) is 0 Å². The van der Waals surface area contributed by atoms with Crippen molar-refractivity contribution in [2.24, 2.45) is 5.16 Å². The SMILES string of the molecule is O=C(CCl)O/N=C1\CCSc2ccc(F)cc21. The first-order valence-corrected chi connectivity index (χ1v) is 6.48. The molecule has 1 aliphatic rings. The van der Waals surface area contributed by atoms with E-state index in [2.05, 4.69) is 9.99 Å². The molecule has 1 aromatic rings. The largest absolute Gasteiger partial charge is 0.349 e. The molecule has 90 valence electrons. The topological polar surface area (TPSA) is 38.7 Å². The number of fused-ring (bicyclic) bond motifs is 1. The number of nitrogens with zero attached hydrogens (tertiary/aromatic N) is 1. The Morgan fingerprint density at radius 2 is 2.41 bits per heavy atom. The van der Waals surface area contributed by atoms with Gasteiger partial charge in [0.2, 0.25) is 0 Å². The smallest absolute Gasteiger partial charge is 0.317 e. The maximum Gasteiger partial charge on any atom is 0.349 e. The average molecular weight is 274 g/mol. The third-order valence-corrected chi connectivity index (χ3v) is 3.51. The third kappa shape index (κ3) is 2.98. The zero-order chi connectivity index (χ0) is 12.3. The van der Waals surface area contributed by atoms with Gasteiger partial charge < -0.3 is 4.84 Å². The van der Waals surface area contributed by atoms with Crippen LogP contribution in [0, 0.1) is 5.82 Å². The Morgan fingerprint density at radius 3 is 3.18 bits per heavy atom. The molecule has 6 heteroatoms. The van der Waals surface area contributed by atoms with E-state index in [0.717, 1.165) is 10.6 Å². The number of hydrogen-bond donors (Lipinski definition) is 0. The number of halogens is 2. The number of oxime groups is 1. The van der Waals surface area contributed by atoms with Crippen molar-refractivity contribution in [3.05, 3.63) is 29.6 Å². The highest BCUT2D eigenvalue weighted by atomic mass is 35.5. The van der Waals surface area contributed by atoms with Gasteiger partial charge in [0, 0.05) is 22.6 Å². The Labute approximate surface area is 107 Å². The second kappa shape index (κ2) is 5.51. The summed E-state index contributed by atoms with van der Waals surface area (Å²) < 4.78 is 13.1. The van der Waals surface area contributed by atoms with Crippen LogP contribution in [-0.4, -0.2) is 23.3 Å². The van der Waals surface area contributed by atoms with Gasteiger partial charge in [-0.05, 0) is 18.2 Å². The molecule has 1 aromatic carbocycles. The molecule has 0 N–H and O–H groups in total. The van der Waals surface area contributed by atoms with Crippen LogP contribution in [0.2, 0.25) is 0 Å². The summed E-state index contributed by atoms with van der Waals surface area (Å²) in [7, 11) is 0. The lowest BCUT2D eigenvalue weighted by molar-refractivity contribution is -0.140. The summed E-state index contributed by atoms with van der Waals surface area (Å²) in [5.74, 6) is -0.366. The van der Waals surface area contributed by atoms with E-state index in [1.54, 1.807) is 17.8 Å². The van der Waals surface area contributed by atoms with Crippen LogP contribution in [-0.2, 0) is 9.63 Å². The van der Waals surface area contributed by atoms with Crippen LogP contribution in [0.15, 0.2) is 28.3 Å². The van der Waals surface area contributed by atoms with E-state index >= 15 is 0 Å². The standard InChI is InChI=1S/C11H9ClFNO2S/c12-6-11(15)16-14-9-3-4-17-10-2-1-7(13)5-8(9)10/h1-2,5H,3-4,6H2/b14-9+. The lowest BCUT2D eigenvalue weighted by atomic mass is 10.1. The van der Waals surface area contributed by atoms with Crippen LogP contribution in [0.25, 0.3) is 0 Å². The predicted octanol–water partition coefficient (Wildman–Crippen LogP) is 2.81. The van der Waals surface area contributed by atoms with Crippen LogP contribution >= 0.6 is 23.4 Å². The molecule has 0 aromatic heterocycles. The summed E-state index contributed by atoms with van der Waals surface area (Å²) in [6.07, 6.45) is 0.636. The summed E-state index contributed by atoms with van der Waals surface area (Å²) in [5, 5.41) is 3.74. The minimum absolute atomic E-state index is 0.248. The van der Waals surface area contributed by atoms with Crippen LogP contribution < -0.4 is 0 Å². The van der Waals surface area contributed by atoms with E-state index in [-0.39, 0.29) is 11.7 Å². The fourth-order valence-corrected chi connectivity index (χ4v) is 2.53. The van der Waals surface area contributed by atoms with E-state index in [4.69, 9.17) is 11.6 Å². The van der Waals surface area contributed by atoms with Crippen LogP contribution in [0.5, 0.6) is 0 Å². The lowest BCUT2D eigenvalue weighted by Crippen LogP contribution is -2.12. The Morgan fingerprint density at radius 1 is 1.59 bits per heavy atom. The Bertz CT molecular complexity index is 479. The summed E-state index contributed by atoms with van der Waals surface area (Å²) in [6, 6.07) is 4.50. The molecule has 0 amide bonds. The van der Waals surface area contributed by atoms with E-state index in [0.29, 0.717) is 17.7 Å². The van der Waals surface area contributed by atoms with Crippen LogP contribution in [0.3, 0.4) is 0 Å². The van der Waals surface area contributed by atoms with Gasteiger partial charge in [-0.3, -0.25) is 0 Å². The second-order valence-electron chi connectivity index (χ2n) is 3.37. The Hall–Kier alpha value is -1.07. The highest BCUT2D eigenvalue weighted by Crippen LogP contribution is 2.30. The zero-order valence-electron chi connectivity index (χ0n) is 8.78.